The van der Waals surface area contributed by atoms with E-state index in [4.69, 9.17) is 0 Å². The van der Waals surface area contributed by atoms with Crippen LogP contribution in [-0.2, 0) is 0 Å². The summed E-state index contributed by atoms with van der Waals surface area (Å²) >= 11 is 0. The highest BCUT2D eigenvalue weighted by molar-refractivity contribution is 5.85. The van der Waals surface area contributed by atoms with Crippen LogP contribution < -0.4 is 0 Å². The van der Waals surface area contributed by atoms with Gasteiger partial charge in [-0.25, -0.2) is 9.48 Å². The van der Waals surface area contributed by atoms with E-state index in [1.165, 1.54) is 0 Å². The molecule has 0 saturated carbocycles. The highest BCUT2D eigenvalue weighted by atomic mass is 16.4. The first-order chi connectivity index (χ1) is 9.97. The molecule has 0 aliphatic rings. The predicted octanol–water partition coefficient (Wildman–Crippen LogP) is 3.49. The molecule has 21 heavy (non-hydrogen) atoms. The summed E-state index contributed by atoms with van der Waals surface area (Å²) in [6.07, 6.45) is 1.77. The number of carbonyl (C=O) groups is 1. The molecule has 112 valence electrons. The lowest BCUT2D eigenvalue weighted by Gasteiger charge is -2.16. The largest absolute Gasteiger partial charge is 0.506 e. The van der Waals surface area contributed by atoms with Crippen molar-refractivity contribution in [1.82, 2.24) is 9.78 Å². The number of benzene rings is 1. The van der Waals surface area contributed by atoms with E-state index < -0.39 is 5.97 Å². The Kier molecular flexibility index (Phi) is 4.31. The fourth-order valence-corrected chi connectivity index (χ4v) is 2.49. The minimum atomic E-state index is -1.06. The van der Waals surface area contributed by atoms with E-state index in [0.717, 1.165) is 24.1 Å². The number of aromatic nitrogens is 2. The molecule has 0 radical (unpaired) electrons. The van der Waals surface area contributed by atoms with Gasteiger partial charge in [-0.1, -0.05) is 19.9 Å². The lowest BCUT2D eigenvalue weighted by Crippen LogP contribution is -2.07. The number of aromatic carboxylic acids is 1. The van der Waals surface area contributed by atoms with Crippen LogP contribution in [0, 0.1) is 6.92 Å². The lowest BCUT2D eigenvalue weighted by atomic mass is 9.99. The van der Waals surface area contributed by atoms with Crippen LogP contribution in [0.15, 0.2) is 24.3 Å². The van der Waals surface area contributed by atoms with Crippen molar-refractivity contribution in [2.24, 2.45) is 0 Å². The second kappa shape index (κ2) is 5.99. The average Bonchev–Trinajstić information content (AvgIpc) is 2.88. The molecule has 1 aromatic carbocycles. The fourth-order valence-electron chi connectivity index (χ4n) is 2.49. The maximum Gasteiger partial charge on any atom is 0.356 e. The number of aromatic hydroxyl groups is 1. The zero-order valence-corrected chi connectivity index (χ0v) is 12.5. The molecule has 0 aliphatic heterocycles. The molecule has 0 aliphatic carbocycles. The zero-order chi connectivity index (χ0) is 15.6. The molecule has 5 heteroatoms. The minimum absolute atomic E-state index is 0.00203. The molecule has 0 atom stereocenters. The molecular formula is C16H20N2O3. The van der Waals surface area contributed by atoms with Gasteiger partial charge in [-0.3, -0.25) is 0 Å². The molecule has 0 spiro atoms. The normalized spacial score (nSPS) is 11.0. The number of phenolic OH excluding ortho intramolecular Hbond substituents is 1. The number of phenols is 1. The Labute approximate surface area is 123 Å². The Balaban J connectivity index is 2.65. The number of hydrogen-bond donors (Lipinski definition) is 2. The van der Waals surface area contributed by atoms with Crippen molar-refractivity contribution < 1.29 is 15.0 Å². The summed E-state index contributed by atoms with van der Waals surface area (Å²) in [5.41, 5.74) is 2.31. The van der Waals surface area contributed by atoms with E-state index in [0.29, 0.717) is 5.69 Å². The number of nitrogens with zero attached hydrogens (tertiary/aromatic N) is 2. The van der Waals surface area contributed by atoms with Crippen LogP contribution in [0.3, 0.4) is 0 Å². The maximum absolute atomic E-state index is 11.2. The van der Waals surface area contributed by atoms with Crippen molar-refractivity contribution in [2.75, 3.05) is 0 Å². The van der Waals surface area contributed by atoms with Gasteiger partial charge in [-0.05, 0) is 43.5 Å². The molecule has 5 nitrogen and oxygen atoms in total. The van der Waals surface area contributed by atoms with Crippen LogP contribution in [0.1, 0.15) is 54.4 Å². The molecular weight excluding hydrogens is 268 g/mol. The number of carboxylic acids is 1. The minimum Gasteiger partial charge on any atom is -0.506 e. The highest BCUT2D eigenvalue weighted by Crippen LogP contribution is 2.30. The Bertz CT molecular complexity index is 658. The van der Waals surface area contributed by atoms with Crippen molar-refractivity contribution >= 4 is 5.97 Å². The number of aryl methyl sites for hydroxylation is 1. The molecule has 0 bridgehead atoms. The van der Waals surface area contributed by atoms with E-state index in [2.05, 4.69) is 18.9 Å². The van der Waals surface area contributed by atoms with Gasteiger partial charge in [-0.15, -0.1) is 0 Å². The van der Waals surface area contributed by atoms with Crippen LogP contribution in [0.4, 0.5) is 0 Å². The SMILES string of the molecule is CCC(CC)c1cc(C(=O)O)nn1-c1cc(C)ccc1O. The van der Waals surface area contributed by atoms with Crippen LogP contribution in [0.5, 0.6) is 5.75 Å². The van der Waals surface area contributed by atoms with Crippen molar-refractivity contribution in [1.29, 1.82) is 0 Å². The summed E-state index contributed by atoms with van der Waals surface area (Å²) < 4.78 is 1.56. The van der Waals surface area contributed by atoms with E-state index >= 15 is 0 Å². The van der Waals surface area contributed by atoms with E-state index in [1.807, 2.05) is 6.92 Å². The first kappa shape index (κ1) is 15.1. The smallest absolute Gasteiger partial charge is 0.356 e. The van der Waals surface area contributed by atoms with E-state index in [9.17, 15) is 15.0 Å². The third-order valence-corrected chi connectivity index (χ3v) is 3.72. The molecule has 1 heterocycles. The first-order valence-electron chi connectivity index (χ1n) is 7.11. The third-order valence-electron chi connectivity index (χ3n) is 3.72. The van der Waals surface area contributed by atoms with Gasteiger partial charge in [0.2, 0.25) is 0 Å². The summed E-state index contributed by atoms with van der Waals surface area (Å²) in [6, 6.07) is 6.81. The topological polar surface area (TPSA) is 75.3 Å². The summed E-state index contributed by atoms with van der Waals surface area (Å²) in [6.45, 7) is 6.03. The van der Waals surface area contributed by atoms with E-state index in [-0.39, 0.29) is 17.4 Å². The Morgan fingerprint density at radius 1 is 1.29 bits per heavy atom. The Morgan fingerprint density at radius 2 is 1.95 bits per heavy atom. The second-order valence-corrected chi connectivity index (χ2v) is 5.18. The number of rotatable bonds is 5. The van der Waals surface area contributed by atoms with Crippen molar-refractivity contribution in [3.8, 4) is 11.4 Å². The fraction of sp³-hybridized carbons (Fsp3) is 0.375. The molecule has 0 amide bonds. The number of carboxylic acid groups (broad SMARTS) is 1. The van der Waals surface area contributed by atoms with Crippen LogP contribution in [0.2, 0.25) is 0 Å². The van der Waals surface area contributed by atoms with Gasteiger partial charge < -0.3 is 10.2 Å². The van der Waals surface area contributed by atoms with Gasteiger partial charge in [-0.2, -0.15) is 5.10 Å². The van der Waals surface area contributed by atoms with Crippen LogP contribution in [0.25, 0.3) is 5.69 Å². The predicted molar refractivity (Wildman–Crippen MR) is 80.2 cm³/mol. The summed E-state index contributed by atoms with van der Waals surface area (Å²) in [5.74, 6) is -0.772. The molecule has 2 aromatic rings. The Hall–Kier alpha value is -2.30. The first-order valence-corrected chi connectivity index (χ1v) is 7.11. The van der Waals surface area contributed by atoms with Crippen LogP contribution in [-0.4, -0.2) is 26.0 Å². The second-order valence-electron chi connectivity index (χ2n) is 5.18. The molecule has 1 aromatic heterocycles. The summed E-state index contributed by atoms with van der Waals surface area (Å²) in [5, 5.41) is 23.4. The van der Waals surface area contributed by atoms with Gasteiger partial charge in [0.15, 0.2) is 5.69 Å². The quantitative estimate of drug-likeness (QED) is 0.883. The van der Waals surface area contributed by atoms with Crippen molar-refractivity contribution in [3.63, 3.8) is 0 Å². The standard InChI is InChI=1S/C16H20N2O3/c1-4-11(5-2)13-9-12(16(20)21)17-18(13)14-8-10(3)6-7-15(14)19/h6-9,11,19H,4-5H2,1-3H3,(H,20,21). The Morgan fingerprint density at radius 3 is 2.52 bits per heavy atom. The number of hydrogen-bond acceptors (Lipinski definition) is 3. The zero-order valence-electron chi connectivity index (χ0n) is 12.5. The van der Waals surface area contributed by atoms with Crippen molar-refractivity contribution in [3.05, 3.63) is 41.2 Å². The molecule has 2 N–H and O–H groups in total. The van der Waals surface area contributed by atoms with Gasteiger partial charge in [0.05, 0.1) is 0 Å². The lowest BCUT2D eigenvalue weighted by molar-refractivity contribution is 0.0690. The van der Waals surface area contributed by atoms with E-state index in [1.54, 1.807) is 28.9 Å². The molecule has 2 rings (SSSR count). The third kappa shape index (κ3) is 2.91. The van der Waals surface area contributed by atoms with Gasteiger partial charge in [0.1, 0.15) is 11.4 Å². The van der Waals surface area contributed by atoms with Gasteiger partial charge in [0, 0.05) is 11.6 Å². The summed E-state index contributed by atoms with van der Waals surface area (Å²) in [4.78, 5) is 11.2. The average molecular weight is 288 g/mol. The van der Waals surface area contributed by atoms with Crippen LogP contribution >= 0.6 is 0 Å². The highest BCUT2D eigenvalue weighted by Gasteiger charge is 2.21. The maximum atomic E-state index is 11.2. The van der Waals surface area contributed by atoms with Crippen molar-refractivity contribution in [2.45, 2.75) is 39.5 Å². The molecule has 0 saturated heterocycles. The molecule has 0 fully saturated rings. The van der Waals surface area contributed by atoms with Gasteiger partial charge >= 0.3 is 5.97 Å². The molecule has 0 unspecified atom stereocenters. The summed E-state index contributed by atoms with van der Waals surface area (Å²) in [7, 11) is 0. The van der Waals surface area contributed by atoms with Gasteiger partial charge in [0.25, 0.3) is 0 Å². The monoisotopic (exact) mass is 288 g/mol.